The Morgan fingerprint density at radius 2 is 2.12 bits per heavy atom. The first kappa shape index (κ1) is 16.2. The van der Waals surface area contributed by atoms with Crippen LogP contribution in [0.25, 0.3) is 5.69 Å². The van der Waals surface area contributed by atoms with Crippen LogP contribution in [0.3, 0.4) is 0 Å². The van der Waals surface area contributed by atoms with Crippen molar-refractivity contribution in [1.82, 2.24) is 14.8 Å². The number of aryl methyl sites for hydroxylation is 1. The lowest BCUT2D eigenvalue weighted by Crippen LogP contribution is -2.14. The van der Waals surface area contributed by atoms with Gasteiger partial charge in [-0.25, -0.2) is 9.67 Å². The predicted octanol–water partition coefficient (Wildman–Crippen LogP) is 3.60. The maximum Gasteiger partial charge on any atom is 0.256 e. The Bertz CT molecular complexity index is 892. The lowest BCUT2D eigenvalue weighted by atomic mass is 10.2. The molecule has 0 bridgehead atoms. The van der Waals surface area contributed by atoms with Crippen LogP contribution >= 0.6 is 15.9 Å². The van der Waals surface area contributed by atoms with Crippen molar-refractivity contribution in [3.8, 4) is 11.4 Å². The topological polar surface area (TPSA) is 69.0 Å². The Morgan fingerprint density at radius 1 is 1.29 bits per heavy atom. The summed E-state index contributed by atoms with van der Waals surface area (Å²) in [5.74, 6) is 0.648. The molecule has 2 aromatic heterocycles. The molecule has 1 N–H and O–H groups in total. The van der Waals surface area contributed by atoms with Gasteiger partial charge >= 0.3 is 0 Å². The molecular weight excluding hydrogens is 372 g/mol. The number of benzene rings is 1. The van der Waals surface area contributed by atoms with Crippen LogP contribution in [0.15, 0.2) is 53.3 Å². The average Bonchev–Trinajstić information content (AvgIpc) is 3.02. The van der Waals surface area contributed by atoms with Crippen LogP contribution in [0, 0.1) is 6.92 Å². The highest BCUT2D eigenvalue weighted by Crippen LogP contribution is 2.23. The summed E-state index contributed by atoms with van der Waals surface area (Å²) < 4.78 is 7.79. The molecule has 24 heavy (non-hydrogen) atoms. The smallest absolute Gasteiger partial charge is 0.256 e. The summed E-state index contributed by atoms with van der Waals surface area (Å²) in [5, 5.41) is 7.00. The molecule has 0 aliphatic heterocycles. The highest BCUT2D eigenvalue weighted by Gasteiger charge is 2.12. The van der Waals surface area contributed by atoms with E-state index in [2.05, 4.69) is 31.3 Å². The van der Waals surface area contributed by atoms with Gasteiger partial charge in [0.1, 0.15) is 0 Å². The quantitative estimate of drug-likeness (QED) is 0.743. The number of hydrogen-bond acceptors (Lipinski definition) is 4. The third-order valence-corrected chi connectivity index (χ3v) is 3.78. The van der Waals surface area contributed by atoms with Crippen LogP contribution in [0.5, 0.6) is 5.75 Å². The number of methoxy groups -OCH3 is 1. The number of halogens is 1. The van der Waals surface area contributed by atoms with Gasteiger partial charge in [0.05, 0.1) is 23.5 Å². The SMILES string of the molecule is COc1ccc(C)nc1NC(=O)c1cccc(-n2cc(Br)cn2)c1. The number of aromatic nitrogens is 3. The fraction of sp³-hybridized carbons (Fsp3) is 0.118. The molecule has 1 aromatic carbocycles. The third kappa shape index (κ3) is 3.46. The first-order chi connectivity index (χ1) is 11.6. The molecule has 3 aromatic rings. The lowest BCUT2D eigenvalue weighted by Gasteiger charge is -2.10. The fourth-order valence-corrected chi connectivity index (χ4v) is 2.50. The number of rotatable bonds is 4. The Kier molecular flexibility index (Phi) is 4.61. The van der Waals surface area contributed by atoms with Crippen molar-refractivity contribution >= 4 is 27.7 Å². The van der Waals surface area contributed by atoms with Gasteiger partial charge in [-0.3, -0.25) is 4.79 Å². The van der Waals surface area contributed by atoms with Crippen molar-refractivity contribution in [2.24, 2.45) is 0 Å². The Hall–Kier alpha value is -2.67. The molecule has 6 nitrogen and oxygen atoms in total. The van der Waals surface area contributed by atoms with Gasteiger partial charge in [-0.2, -0.15) is 5.10 Å². The summed E-state index contributed by atoms with van der Waals surface area (Å²) in [6, 6.07) is 10.8. The molecule has 0 atom stereocenters. The molecule has 0 saturated carbocycles. The maximum atomic E-state index is 12.5. The van der Waals surface area contributed by atoms with E-state index in [9.17, 15) is 4.79 Å². The van der Waals surface area contributed by atoms with E-state index in [0.29, 0.717) is 17.1 Å². The van der Waals surface area contributed by atoms with Gasteiger partial charge in [0.15, 0.2) is 11.6 Å². The number of carbonyl (C=O) groups is 1. The molecule has 0 aliphatic rings. The molecule has 2 heterocycles. The van der Waals surface area contributed by atoms with Gasteiger partial charge in [0, 0.05) is 17.5 Å². The highest BCUT2D eigenvalue weighted by molar-refractivity contribution is 9.10. The Labute approximate surface area is 147 Å². The molecule has 0 unspecified atom stereocenters. The second-order valence-corrected chi connectivity index (χ2v) is 6.03. The summed E-state index contributed by atoms with van der Waals surface area (Å²) in [7, 11) is 1.54. The van der Waals surface area contributed by atoms with Gasteiger partial charge in [-0.1, -0.05) is 6.07 Å². The Morgan fingerprint density at radius 3 is 2.83 bits per heavy atom. The van der Waals surface area contributed by atoms with E-state index >= 15 is 0 Å². The van der Waals surface area contributed by atoms with Gasteiger partial charge in [-0.15, -0.1) is 0 Å². The molecule has 1 amide bonds. The highest BCUT2D eigenvalue weighted by atomic mass is 79.9. The maximum absolute atomic E-state index is 12.5. The molecule has 7 heteroatoms. The average molecular weight is 387 g/mol. The van der Waals surface area contributed by atoms with Crippen molar-refractivity contribution in [2.45, 2.75) is 6.92 Å². The molecule has 0 radical (unpaired) electrons. The number of nitrogens with zero attached hydrogens (tertiary/aromatic N) is 3. The summed E-state index contributed by atoms with van der Waals surface area (Å²) >= 11 is 3.36. The number of pyridine rings is 1. The van der Waals surface area contributed by atoms with Crippen LogP contribution in [0.1, 0.15) is 16.1 Å². The van der Waals surface area contributed by atoms with Gasteiger partial charge in [-0.05, 0) is 53.2 Å². The zero-order chi connectivity index (χ0) is 17.1. The van der Waals surface area contributed by atoms with E-state index in [1.807, 2.05) is 25.3 Å². The number of amides is 1. The van der Waals surface area contributed by atoms with Crippen LogP contribution in [-0.2, 0) is 0 Å². The van der Waals surface area contributed by atoms with Crippen molar-refractivity contribution in [3.05, 3.63) is 64.5 Å². The predicted molar refractivity (Wildman–Crippen MR) is 94.7 cm³/mol. The summed E-state index contributed by atoms with van der Waals surface area (Å²) in [4.78, 5) is 16.8. The number of anilines is 1. The molecule has 122 valence electrons. The van der Waals surface area contributed by atoms with Crippen molar-refractivity contribution < 1.29 is 9.53 Å². The summed E-state index contributed by atoms with van der Waals surface area (Å²) in [5.41, 5.74) is 2.09. The van der Waals surface area contributed by atoms with Gasteiger partial charge < -0.3 is 10.1 Å². The molecule has 0 saturated heterocycles. The van der Waals surface area contributed by atoms with Crippen molar-refractivity contribution in [3.63, 3.8) is 0 Å². The molecule has 0 spiro atoms. The van der Waals surface area contributed by atoms with Crippen LogP contribution in [-0.4, -0.2) is 27.8 Å². The van der Waals surface area contributed by atoms with Gasteiger partial charge in [0.2, 0.25) is 0 Å². The first-order valence-electron chi connectivity index (χ1n) is 7.20. The minimum atomic E-state index is -0.264. The van der Waals surface area contributed by atoms with Crippen LogP contribution in [0.2, 0.25) is 0 Å². The van der Waals surface area contributed by atoms with Gasteiger partial charge in [0.25, 0.3) is 5.91 Å². The third-order valence-electron chi connectivity index (χ3n) is 3.37. The monoisotopic (exact) mass is 386 g/mol. The lowest BCUT2D eigenvalue weighted by molar-refractivity contribution is 0.102. The minimum Gasteiger partial charge on any atom is -0.493 e. The van der Waals surface area contributed by atoms with E-state index in [-0.39, 0.29) is 5.91 Å². The zero-order valence-corrected chi connectivity index (χ0v) is 14.7. The van der Waals surface area contributed by atoms with Crippen molar-refractivity contribution in [1.29, 1.82) is 0 Å². The van der Waals surface area contributed by atoms with E-state index in [1.165, 1.54) is 7.11 Å². The second kappa shape index (κ2) is 6.84. The summed E-state index contributed by atoms with van der Waals surface area (Å²) in [6.45, 7) is 1.85. The normalized spacial score (nSPS) is 10.5. The number of hydrogen-bond donors (Lipinski definition) is 1. The van der Waals surface area contributed by atoms with E-state index in [4.69, 9.17) is 4.74 Å². The number of nitrogens with one attached hydrogen (secondary N) is 1. The largest absolute Gasteiger partial charge is 0.493 e. The first-order valence-corrected chi connectivity index (χ1v) is 8.00. The number of carbonyl (C=O) groups excluding carboxylic acids is 1. The van der Waals surface area contributed by atoms with Crippen LogP contribution in [0.4, 0.5) is 5.82 Å². The standard InChI is InChI=1S/C17H15BrN4O2/c1-11-6-7-15(24-2)16(20-11)21-17(23)12-4-3-5-14(8-12)22-10-13(18)9-19-22/h3-10H,1-2H3,(H,20,21,23). The van der Waals surface area contributed by atoms with Crippen molar-refractivity contribution in [2.75, 3.05) is 12.4 Å². The van der Waals surface area contributed by atoms with E-state index in [0.717, 1.165) is 15.9 Å². The zero-order valence-electron chi connectivity index (χ0n) is 13.2. The van der Waals surface area contributed by atoms with Crippen LogP contribution < -0.4 is 10.1 Å². The second-order valence-electron chi connectivity index (χ2n) is 5.11. The summed E-state index contributed by atoms with van der Waals surface area (Å²) in [6.07, 6.45) is 3.51. The molecule has 3 rings (SSSR count). The van der Waals surface area contributed by atoms with E-state index in [1.54, 1.807) is 35.1 Å². The number of ether oxygens (including phenoxy) is 1. The molecular formula is C17H15BrN4O2. The van der Waals surface area contributed by atoms with E-state index < -0.39 is 0 Å². The minimum absolute atomic E-state index is 0.264. The molecule has 0 aliphatic carbocycles. The Balaban J connectivity index is 1.87. The molecule has 0 fully saturated rings. The fourth-order valence-electron chi connectivity index (χ4n) is 2.21.